The van der Waals surface area contributed by atoms with Crippen molar-refractivity contribution in [2.24, 2.45) is 5.41 Å². The van der Waals surface area contributed by atoms with Gasteiger partial charge in [0.1, 0.15) is 0 Å². The molecule has 2 fully saturated rings. The number of urea groups is 1. The van der Waals surface area contributed by atoms with E-state index in [1.54, 1.807) is 7.11 Å². The third-order valence-corrected chi connectivity index (χ3v) is 4.62. The first kappa shape index (κ1) is 15.1. The summed E-state index contributed by atoms with van der Waals surface area (Å²) < 4.78 is 5.61. The van der Waals surface area contributed by atoms with E-state index in [9.17, 15) is 9.59 Å². The highest BCUT2D eigenvalue weighted by molar-refractivity contribution is 5.75. The number of carboxylic acids is 1. The van der Waals surface area contributed by atoms with Crippen molar-refractivity contribution in [3.05, 3.63) is 0 Å². The van der Waals surface area contributed by atoms with Gasteiger partial charge in [0.25, 0.3) is 0 Å². The minimum atomic E-state index is -0.893. The second-order valence-electron chi connectivity index (χ2n) is 5.88. The number of nitrogens with one attached hydrogen (secondary N) is 1. The molecule has 1 heterocycles. The van der Waals surface area contributed by atoms with Gasteiger partial charge in [-0.05, 0) is 25.7 Å². The summed E-state index contributed by atoms with van der Waals surface area (Å²) in [4.78, 5) is 24.4. The van der Waals surface area contributed by atoms with Crippen molar-refractivity contribution in [3.8, 4) is 0 Å². The maximum atomic E-state index is 12.1. The molecule has 1 saturated heterocycles. The predicted molar refractivity (Wildman–Crippen MR) is 73.5 cm³/mol. The molecule has 114 valence electrons. The summed E-state index contributed by atoms with van der Waals surface area (Å²) in [7, 11) is 1.75. The number of amides is 2. The van der Waals surface area contributed by atoms with E-state index in [2.05, 4.69) is 5.32 Å². The van der Waals surface area contributed by atoms with Crippen LogP contribution in [-0.4, -0.2) is 54.9 Å². The second-order valence-corrected chi connectivity index (χ2v) is 5.88. The number of aliphatic carboxylic acids is 1. The van der Waals surface area contributed by atoms with Crippen LogP contribution in [0.1, 0.15) is 38.5 Å². The molecule has 1 aliphatic heterocycles. The Hall–Kier alpha value is -1.30. The highest BCUT2D eigenvalue weighted by Gasteiger charge is 2.46. The zero-order valence-electron chi connectivity index (χ0n) is 12.1. The second kappa shape index (κ2) is 6.43. The Balaban J connectivity index is 1.89. The fraction of sp³-hybridized carbons (Fsp3) is 0.857. The molecule has 1 aliphatic carbocycles. The van der Waals surface area contributed by atoms with Gasteiger partial charge in [-0.15, -0.1) is 0 Å². The minimum absolute atomic E-state index is 0.0363. The van der Waals surface area contributed by atoms with Crippen LogP contribution in [0, 0.1) is 5.41 Å². The Morgan fingerprint density at radius 1 is 1.40 bits per heavy atom. The summed E-state index contributed by atoms with van der Waals surface area (Å²) >= 11 is 0. The Labute approximate surface area is 119 Å². The summed E-state index contributed by atoms with van der Waals surface area (Å²) in [5.74, 6) is -0.893. The third-order valence-electron chi connectivity index (χ3n) is 4.62. The number of rotatable bonds is 4. The summed E-state index contributed by atoms with van der Waals surface area (Å²) in [6.07, 6.45) is 5.67. The number of likely N-dealkylation sites (tertiary alicyclic amines) is 1. The van der Waals surface area contributed by atoms with E-state index >= 15 is 0 Å². The molecular weight excluding hydrogens is 260 g/mol. The molecule has 2 rings (SSSR count). The normalized spacial score (nSPS) is 29.6. The minimum Gasteiger partial charge on any atom is -0.481 e. The van der Waals surface area contributed by atoms with Gasteiger partial charge in [0.15, 0.2) is 0 Å². The van der Waals surface area contributed by atoms with Crippen LogP contribution in [0.15, 0.2) is 0 Å². The van der Waals surface area contributed by atoms with Gasteiger partial charge in [-0.2, -0.15) is 0 Å². The molecule has 2 aliphatic rings. The van der Waals surface area contributed by atoms with Gasteiger partial charge < -0.3 is 20.1 Å². The molecular formula is C14H24N2O4. The summed E-state index contributed by atoms with van der Waals surface area (Å²) in [6, 6.07) is -0.146. The maximum Gasteiger partial charge on any atom is 0.317 e. The molecule has 6 nitrogen and oxygen atoms in total. The number of carboxylic acid groups (broad SMARTS) is 1. The number of piperidine rings is 1. The summed E-state index contributed by atoms with van der Waals surface area (Å²) in [5.41, 5.74) is 0.108. The van der Waals surface area contributed by atoms with Crippen LogP contribution in [0.25, 0.3) is 0 Å². The van der Waals surface area contributed by atoms with Crippen molar-refractivity contribution in [3.63, 3.8) is 0 Å². The largest absolute Gasteiger partial charge is 0.481 e. The maximum absolute atomic E-state index is 12.1. The van der Waals surface area contributed by atoms with E-state index in [-0.39, 0.29) is 30.5 Å². The number of nitrogens with zero attached hydrogens (tertiary/aromatic N) is 1. The van der Waals surface area contributed by atoms with E-state index in [4.69, 9.17) is 9.84 Å². The standard InChI is InChI=1S/C14H24N2O4/c1-20-11-4-2-6-14(11)7-3-9-16(10-14)13(19)15-8-5-12(17)18/h11H,2-10H2,1H3,(H,15,19)(H,17,18)/t11-,14-/m1/s1. The van der Waals surface area contributed by atoms with Gasteiger partial charge in [0, 0.05) is 32.2 Å². The van der Waals surface area contributed by atoms with Gasteiger partial charge in [0.05, 0.1) is 12.5 Å². The highest BCUT2D eigenvalue weighted by Crippen LogP contribution is 2.46. The van der Waals surface area contributed by atoms with Crippen LogP contribution in [0.3, 0.4) is 0 Å². The van der Waals surface area contributed by atoms with Crippen LogP contribution in [-0.2, 0) is 9.53 Å². The van der Waals surface area contributed by atoms with Crippen LogP contribution in [0.4, 0.5) is 4.79 Å². The average molecular weight is 284 g/mol. The Bertz CT molecular complexity index is 374. The lowest BCUT2D eigenvalue weighted by Crippen LogP contribution is -2.52. The van der Waals surface area contributed by atoms with Gasteiger partial charge >= 0.3 is 12.0 Å². The van der Waals surface area contributed by atoms with Crippen molar-refractivity contribution in [2.75, 3.05) is 26.7 Å². The average Bonchev–Trinajstić information content (AvgIpc) is 2.80. The van der Waals surface area contributed by atoms with E-state index in [0.29, 0.717) is 0 Å². The number of hydrogen-bond acceptors (Lipinski definition) is 3. The Morgan fingerprint density at radius 3 is 2.85 bits per heavy atom. The molecule has 0 aromatic carbocycles. The van der Waals surface area contributed by atoms with Crippen LogP contribution >= 0.6 is 0 Å². The van der Waals surface area contributed by atoms with Gasteiger partial charge in [-0.1, -0.05) is 6.42 Å². The van der Waals surface area contributed by atoms with Gasteiger partial charge in [0.2, 0.25) is 0 Å². The van der Waals surface area contributed by atoms with E-state index in [0.717, 1.165) is 45.2 Å². The number of ether oxygens (including phenoxy) is 1. The van der Waals surface area contributed by atoms with Crippen molar-refractivity contribution in [2.45, 2.75) is 44.6 Å². The van der Waals surface area contributed by atoms with Crippen molar-refractivity contribution in [1.29, 1.82) is 0 Å². The zero-order valence-corrected chi connectivity index (χ0v) is 12.1. The molecule has 1 saturated carbocycles. The molecule has 0 unspecified atom stereocenters. The first-order valence-corrected chi connectivity index (χ1v) is 7.35. The smallest absolute Gasteiger partial charge is 0.317 e. The fourth-order valence-electron chi connectivity index (χ4n) is 3.66. The van der Waals surface area contributed by atoms with E-state index in [1.165, 1.54) is 0 Å². The monoisotopic (exact) mass is 284 g/mol. The lowest BCUT2D eigenvalue weighted by Gasteiger charge is -2.43. The Morgan fingerprint density at radius 2 is 2.15 bits per heavy atom. The predicted octanol–water partition coefficient (Wildman–Crippen LogP) is 1.45. The summed E-state index contributed by atoms with van der Waals surface area (Å²) in [6.45, 7) is 1.66. The number of carbonyl (C=O) groups excluding carboxylic acids is 1. The van der Waals surface area contributed by atoms with Crippen LogP contribution in [0.2, 0.25) is 0 Å². The molecule has 1 spiro atoms. The van der Waals surface area contributed by atoms with Gasteiger partial charge in [-0.3, -0.25) is 4.79 Å². The number of carbonyl (C=O) groups is 2. The topological polar surface area (TPSA) is 78.9 Å². The lowest BCUT2D eigenvalue weighted by molar-refractivity contribution is -0.136. The quantitative estimate of drug-likeness (QED) is 0.819. The lowest BCUT2D eigenvalue weighted by atomic mass is 9.76. The first-order valence-electron chi connectivity index (χ1n) is 7.35. The molecule has 0 bridgehead atoms. The molecule has 2 amide bonds. The number of hydrogen-bond donors (Lipinski definition) is 2. The molecule has 0 aromatic heterocycles. The van der Waals surface area contributed by atoms with Crippen molar-refractivity contribution in [1.82, 2.24) is 10.2 Å². The molecule has 20 heavy (non-hydrogen) atoms. The van der Waals surface area contributed by atoms with Crippen LogP contribution < -0.4 is 5.32 Å². The molecule has 6 heteroatoms. The van der Waals surface area contributed by atoms with Crippen molar-refractivity contribution < 1.29 is 19.4 Å². The first-order chi connectivity index (χ1) is 9.57. The van der Waals surface area contributed by atoms with Crippen molar-refractivity contribution >= 4 is 12.0 Å². The summed E-state index contributed by atoms with van der Waals surface area (Å²) in [5, 5.41) is 11.3. The third kappa shape index (κ3) is 3.23. The van der Waals surface area contributed by atoms with Crippen LogP contribution in [0.5, 0.6) is 0 Å². The van der Waals surface area contributed by atoms with E-state index < -0.39 is 5.97 Å². The number of methoxy groups -OCH3 is 1. The molecule has 2 N–H and O–H groups in total. The SMILES string of the molecule is CO[C@@H]1CCC[C@]12CCCN(C(=O)NCCC(=O)O)C2. The molecule has 0 aromatic rings. The molecule has 0 radical (unpaired) electrons. The highest BCUT2D eigenvalue weighted by atomic mass is 16.5. The van der Waals surface area contributed by atoms with E-state index in [1.807, 2.05) is 4.90 Å². The zero-order chi connectivity index (χ0) is 14.6. The molecule has 2 atom stereocenters. The van der Waals surface area contributed by atoms with Gasteiger partial charge in [-0.25, -0.2) is 4.79 Å². The fourth-order valence-corrected chi connectivity index (χ4v) is 3.66. The Kier molecular flexibility index (Phi) is 4.86.